The molecule has 0 amide bonds. The fourth-order valence-electron chi connectivity index (χ4n) is 1.96. The average molecular weight is 153 g/mol. The highest BCUT2D eigenvalue weighted by Crippen LogP contribution is 2.48. The minimum absolute atomic E-state index is 1.05. The second-order valence-electron chi connectivity index (χ2n) is 4.24. The molecule has 0 spiro atoms. The lowest BCUT2D eigenvalue weighted by Gasteiger charge is -1.99. The van der Waals surface area contributed by atoms with Crippen molar-refractivity contribution in [2.75, 3.05) is 13.1 Å². The lowest BCUT2D eigenvalue weighted by molar-refractivity contribution is 0.563. The molecule has 1 N–H and O–H groups in total. The van der Waals surface area contributed by atoms with E-state index in [1.807, 2.05) is 0 Å². The number of hydrogen-bond donors (Lipinski definition) is 1. The summed E-state index contributed by atoms with van der Waals surface area (Å²) in [7, 11) is 0. The van der Waals surface area contributed by atoms with Crippen molar-refractivity contribution in [1.29, 1.82) is 0 Å². The molecule has 2 unspecified atom stereocenters. The van der Waals surface area contributed by atoms with Crippen LogP contribution in [0, 0.1) is 17.8 Å². The molecule has 2 rings (SSSR count). The Labute approximate surface area is 69.6 Å². The molecule has 0 aromatic heterocycles. The van der Waals surface area contributed by atoms with Crippen molar-refractivity contribution >= 4 is 0 Å². The third-order valence-corrected chi connectivity index (χ3v) is 3.06. The predicted molar refractivity (Wildman–Crippen MR) is 47.5 cm³/mol. The summed E-state index contributed by atoms with van der Waals surface area (Å²) in [5, 5.41) is 3.43. The minimum atomic E-state index is 1.05. The van der Waals surface area contributed by atoms with E-state index in [2.05, 4.69) is 12.2 Å². The number of nitrogens with one attached hydrogen (secondary N) is 1. The Bertz CT molecular complexity index is 129. The number of rotatable bonds is 5. The third-order valence-electron chi connectivity index (χ3n) is 3.06. The molecule has 2 aliphatic carbocycles. The van der Waals surface area contributed by atoms with Crippen LogP contribution in [0.15, 0.2) is 0 Å². The van der Waals surface area contributed by atoms with Crippen molar-refractivity contribution in [3.8, 4) is 0 Å². The zero-order valence-electron chi connectivity index (χ0n) is 7.47. The lowest BCUT2D eigenvalue weighted by Crippen LogP contribution is -2.16. The van der Waals surface area contributed by atoms with Crippen LogP contribution in [0.4, 0.5) is 0 Å². The van der Waals surface area contributed by atoms with Gasteiger partial charge in [-0.3, -0.25) is 0 Å². The van der Waals surface area contributed by atoms with E-state index >= 15 is 0 Å². The number of hydrogen-bond acceptors (Lipinski definition) is 1. The third kappa shape index (κ3) is 2.19. The van der Waals surface area contributed by atoms with E-state index in [1.165, 1.54) is 25.8 Å². The fraction of sp³-hybridized carbons (Fsp3) is 1.00. The van der Waals surface area contributed by atoms with Gasteiger partial charge in [0.05, 0.1) is 0 Å². The van der Waals surface area contributed by atoms with Gasteiger partial charge >= 0.3 is 0 Å². The van der Waals surface area contributed by atoms with Crippen molar-refractivity contribution in [2.45, 2.75) is 32.6 Å². The second-order valence-corrected chi connectivity index (χ2v) is 4.24. The van der Waals surface area contributed by atoms with Crippen LogP contribution in [-0.2, 0) is 0 Å². The van der Waals surface area contributed by atoms with Gasteiger partial charge in [0.1, 0.15) is 0 Å². The normalized spacial score (nSPS) is 35.7. The van der Waals surface area contributed by atoms with E-state index in [0.717, 1.165) is 24.3 Å². The molecular formula is C10H19N. The topological polar surface area (TPSA) is 12.0 Å². The predicted octanol–water partition coefficient (Wildman–Crippen LogP) is 2.03. The molecule has 0 aromatic rings. The molecule has 0 saturated heterocycles. The summed E-state index contributed by atoms with van der Waals surface area (Å²) in [6, 6.07) is 0. The van der Waals surface area contributed by atoms with Crippen molar-refractivity contribution in [2.24, 2.45) is 17.8 Å². The zero-order valence-corrected chi connectivity index (χ0v) is 7.47. The first-order valence-corrected chi connectivity index (χ1v) is 5.11. The average Bonchev–Trinajstić information content (AvgIpc) is 2.85. The first-order chi connectivity index (χ1) is 5.40. The van der Waals surface area contributed by atoms with Gasteiger partial charge in [-0.05, 0) is 43.7 Å². The van der Waals surface area contributed by atoms with Gasteiger partial charge in [-0.25, -0.2) is 0 Å². The van der Waals surface area contributed by atoms with Crippen LogP contribution in [0.25, 0.3) is 0 Å². The monoisotopic (exact) mass is 153 g/mol. The molecule has 2 saturated carbocycles. The van der Waals surface area contributed by atoms with Crippen LogP contribution in [0.3, 0.4) is 0 Å². The van der Waals surface area contributed by atoms with Gasteiger partial charge in [0.2, 0.25) is 0 Å². The van der Waals surface area contributed by atoms with Gasteiger partial charge in [-0.15, -0.1) is 0 Å². The molecule has 0 heterocycles. The molecule has 1 nitrogen and oxygen atoms in total. The summed E-state index contributed by atoms with van der Waals surface area (Å²) in [5.74, 6) is 3.31. The maximum absolute atomic E-state index is 3.43. The minimum Gasteiger partial charge on any atom is -0.317 e. The Morgan fingerprint density at radius 1 is 1.27 bits per heavy atom. The Kier molecular flexibility index (Phi) is 2.17. The van der Waals surface area contributed by atoms with Gasteiger partial charge in [-0.1, -0.05) is 19.8 Å². The Hall–Kier alpha value is -0.0400. The van der Waals surface area contributed by atoms with Crippen LogP contribution in [0.1, 0.15) is 32.6 Å². The van der Waals surface area contributed by atoms with Crippen molar-refractivity contribution in [3.05, 3.63) is 0 Å². The smallest absolute Gasteiger partial charge is 0.00179 e. The second kappa shape index (κ2) is 3.14. The van der Waals surface area contributed by atoms with Crippen molar-refractivity contribution in [1.82, 2.24) is 5.32 Å². The summed E-state index contributed by atoms with van der Waals surface area (Å²) >= 11 is 0. The van der Waals surface area contributed by atoms with Crippen LogP contribution in [0.2, 0.25) is 0 Å². The van der Waals surface area contributed by atoms with Gasteiger partial charge in [0.15, 0.2) is 0 Å². The molecule has 64 valence electrons. The molecule has 2 fully saturated rings. The lowest BCUT2D eigenvalue weighted by atomic mass is 10.2. The molecule has 2 aliphatic rings. The van der Waals surface area contributed by atoms with Crippen LogP contribution >= 0.6 is 0 Å². The molecule has 11 heavy (non-hydrogen) atoms. The van der Waals surface area contributed by atoms with E-state index < -0.39 is 0 Å². The maximum Gasteiger partial charge on any atom is -0.00179 e. The van der Waals surface area contributed by atoms with Crippen LogP contribution < -0.4 is 5.32 Å². The van der Waals surface area contributed by atoms with E-state index in [9.17, 15) is 0 Å². The van der Waals surface area contributed by atoms with E-state index in [0.29, 0.717) is 0 Å². The molecular weight excluding hydrogens is 134 g/mol. The van der Waals surface area contributed by atoms with Crippen molar-refractivity contribution in [3.63, 3.8) is 0 Å². The highest BCUT2D eigenvalue weighted by atomic mass is 14.9. The maximum atomic E-state index is 3.43. The highest BCUT2D eigenvalue weighted by Gasteiger charge is 2.39. The Morgan fingerprint density at radius 3 is 2.73 bits per heavy atom. The molecule has 0 aliphatic heterocycles. The molecule has 2 atom stereocenters. The summed E-state index contributed by atoms with van der Waals surface area (Å²) in [6.45, 7) is 4.62. The summed E-state index contributed by atoms with van der Waals surface area (Å²) < 4.78 is 0. The largest absolute Gasteiger partial charge is 0.317 e. The fourth-order valence-corrected chi connectivity index (χ4v) is 1.96. The van der Waals surface area contributed by atoms with Crippen molar-refractivity contribution < 1.29 is 0 Å². The molecule has 0 radical (unpaired) electrons. The van der Waals surface area contributed by atoms with E-state index in [1.54, 1.807) is 6.42 Å². The van der Waals surface area contributed by atoms with E-state index in [-0.39, 0.29) is 0 Å². The standard InChI is InChI=1S/C10H19N/c1-2-11-7-10-6-9(10)5-8-3-4-8/h8-11H,2-7H2,1H3. The molecule has 0 bridgehead atoms. The summed E-state index contributed by atoms with van der Waals surface area (Å²) in [5.41, 5.74) is 0. The zero-order chi connectivity index (χ0) is 7.68. The first-order valence-electron chi connectivity index (χ1n) is 5.11. The summed E-state index contributed by atoms with van der Waals surface area (Å²) in [4.78, 5) is 0. The highest BCUT2D eigenvalue weighted by molar-refractivity contribution is 4.91. The van der Waals surface area contributed by atoms with Gasteiger partial charge < -0.3 is 5.32 Å². The van der Waals surface area contributed by atoms with E-state index in [4.69, 9.17) is 0 Å². The Morgan fingerprint density at radius 2 is 2.09 bits per heavy atom. The first kappa shape index (κ1) is 7.60. The van der Waals surface area contributed by atoms with Gasteiger partial charge in [0.25, 0.3) is 0 Å². The van der Waals surface area contributed by atoms with Crippen LogP contribution in [-0.4, -0.2) is 13.1 Å². The SMILES string of the molecule is CCNCC1CC1CC1CC1. The van der Waals surface area contributed by atoms with Gasteiger partial charge in [0, 0.05) is 0 Å². The molecule has 1 heteroatoms. The Balaban J connectivity index is 1.54. The quantitative estimate of drug-likeness (QED) is 0.637. The van der Waals surface area contributed by atoms with Crippen LogP contribution in [0.5, 0.6) is 0 Å². The summed E-state index contributed by atoms with van der Waals surface area (Å²) in [6.07, 6.45) is 6.13. The van der Waals surface area contributed by atoms with Gasteiger partial charge in [-0.2, -0.15) is 0 Å². The molecule has 0 aromatic carbocycles.